The minimum atomic E-state index is -0.264. The highest BCUT2D eigenvalue weighted by Gasteiger charge is 2.17. The van der Waals surface area contributed by atoms with Crippen LogP contribution >= 0.6 is 11.3 Å². The van der Waals surface area contributed by atoms with Gasteiger partial charge in [0.1, 0.15) is 0 Å². The van der Waals surface area contributed by atoms with Crippen molar-refractivity contribution in [2.75, 3.05) is 12.1 Å². The maximum Gasteiger partial charge on any atom is 0.265 e. The lowest BCUT2D eigenvalue weighted by Crippen LogP contribution is -2.24. The van der Waals surface area contributed by atoms with Crippen LogP contribution in [0.15, 0.2) is 48.5 Å². The standard InChI is InChI=1S/C23H22N2O4S/c1-3-20-14(2)10-21(30-20)23(27)25-17-7-5-4-6-16(17)22(26)24-12-15-8-9-18-19(11-15)29-13-28-18/h4-11H,3,12-13H2,1-2H3,(H,24,26)(H,25,27). The van der Waals surface area contributed by atoms with Gasteiger partial charge in [-0.05, 0) is 54.8 Å². The molecule has 154 valence electrons. The number of fused-ring (bicyclic) bond motifs is 1. The van der Waals surface area contributed by atoms with Crippen LogP contribution in [0, 0.1) is 6.92 Å². The lowest BCUT2D eigenvalue weighted by Gasteiger charge is -2.11. The fourth-order valence-electron chi connectivity index (χ4n) is 3.29. The summed E-state index contributed by atoms with van der Waals surface area (Å²) in [5.41, 5.74) is 2.91. The molecule has 4 rings (SSSR count). The van der Waals surface area contributed by atoms with E-state index in [1.54, 1.807) is 24.3 Å². The molecular weight excluding hydrogens is 400 g/mol. The summed E-state index contributed by atoms with van der Waals surface area (Å²) in [4.78, 5) is 27.3. The first-order valence-corrected chi connectivity index (χ1v) is 10.5. The van der Waals surface area contributed by atoms with Gasteiger partial charge in [-0.2, -0.15) is 0 Å². The molecule has 0 radical (unpaired) electrons. The van der Waals surface area contributed by atoms with E-state index < -0.39 is 0 Å². The largest absolute Gasteiger partial charge is 0.454 e. The number of para-hydroxylation sites is 1. The van der Waals surface area contributed by atoms with Gasteiger partial charge >= 0.3 is 0 Å². The molecule has 3 aromatic rings. The molecule has 7 heteroatoms. The zero-order valence-corrected chi connectivity index (χ0v) is 17.6. The smallest absolute Gasteiger partial charge is 0.265 e. The summed E-state index contributed by atoms with van der Waals surface area (Å²) in [6.45, 7) is 4.62. The van der Waals surface area contributed by atoms with Crippen molar-refractivity contribution in [3.8, 4) is 11.5 Å². The lowest BCUT2D eigenvalue weighted by atomic mass is 10.1. The van der Waals surface area contributed by atoms with Crippen molar-refractivity contribution in [1.82, 2.24) is 5.32 Å². The summed E-state index contributed by atoms with van der Waals surface area (Å²) in [6.07, 6.45) is 0.891. The number of anilines is 1. The number of carbonyl (C=O) groups excluding carboxylic acids is 2. The summed E-state index contributed by atoms with van der Waals surface area (Å²) in [5.74, 6) is 0.902. The molecule has 0 saturated heterocycles. The van der Waals surface area contributed by atoms with Gasteiger partial charge in [0.2, 0.25) is 6.79 Å². The highest BCUT2D eigenvalue weighted by molar-refractivity contribution is 7.14. The van der Waals surface area contributed by atoms with Crippen molar-refractivity contribution in [2.45, 2.75) is 26.8 Å². The van der Waals surface area contributed by atoms with E-state index in [0.29, 0.717) is 34.2 Å². The third kappa shape index (κ3) is 4.16. The van der Waals surface area contributed by atoms with Crippen molar-refractivity contribution in [3.05, 3.63) is 75.0 Å². The van der Waals surface area contributed by atoms with Gasteiger partial charge in [-0.1, -0.05) is 25.1 Å². The topological polar surface area (TPSA) is 76.7 Å². The van der Waals surface area contributed by atoms with Crippen LogP contribution in [-0.4, -0.2) is 18.6 Å². The maximum absolute atomic E-state index is 12.8. The van der Waals surface area contributed by atoms with E-state index in [1.165, 1.54) is 16.2 Å². The van der Waals surface area contributed by atoms with Crippen molar-refractivity contribution in [2.24, 2.45) is 0 Å². The maximum atomic E-state index is 12.8. The number of rotatable bonds is 6. The fourth-order valence-corrected chi connectivity index (χ4v) is 4.29. The number of aryl methyl sites for hydroxylation is 2. The molecule has 0 aliphatic carbocycles. The third-order valence-corrected chi connectivity index (χ3v) is 6.26. The molecule has 2 aromatic carbocycles. The predicted molar refractivity (Wildman–Crippen MR) is 117 cm³/mol. The van der Waals surface area contributed by atoms with E-state index in [4.69, 9.17) is 9.47 Å². The van der Waals surface area contributed by atoms with Gasteiger partial charge in [0.15, 0.2) is 11.5 Å². The molecule has 2 amide bonds. The molecule has 1 aliphatic heterocycles. The van der Waals surface area contributed by atoms with Crippen LogP contribution in [0.1, 0.15) is 43.0 Å². The Morgan fingerprint density at radius 1 is 1.03 bits per heavy atom. The Balaban J connectivity index is 1.45. The Hall–Kier alpha value is -3.32. The molecule has 0 atom stereocenters. The molecule has 30 heavy (non-hydrogen) atoms. The van der Waals surface area contributed by atoms with Crippen molar-refractivity contribution in [1.29, 1.82) is 0 Å². The second kappa shape index (κ2) is 8.59. The molecule has 0 bridgehead atoms. The summed E-state index contributed by atoms with van der Waals surface area (Å²) in [7, 11) is 0. The quantitative estimate of drug-likeness (QED) is 0.612. The minimum Gasteiger partial charge on any atom is -0.454 e. The van der Waals surface area contributed by atoms with Crippen LogP contribution in [0.4, 0.5) is 5.69 Å². The van der Waals surface area contributed by atoms with Gasteiger partial charge in [0.25, 0.3) is 11.8 Å². The number of nitrogens with one attached hydrogen (secondary N) is 2. The van der Waals surface area contributed by atoms with Crippen molar-refractivity contribution >= 4 is 28.8 Å². The highest BCUT2D eigenvalue weighted by Crippen LogP contribution is 2.32. The SMILES string of the molecule is CCc1sc(C(=O)Nc2ccccc2C(=O)NCc2ccc3c(c2)OCO3)cc1C. The molecule has 2 N–H and O–H groups in total. The first-order valence-electron chi connectivity index (χ1n) is 9.71. The third-order valence-electron chi connectivity index (χ3n) is 4.88. The first kappa shape index (κ1) is 20.0. The molecule has 0 unspecified atom stereocenters. The van der Waals surface area contributed by atoms with Crippen LogP contribution in [-0.2, 0) is 13.0 Å². The van der Waals surface area contributed by atoms with Crippen LogP contribution in [0.3, 0.4) is 0 Å². The Bertz CT molecular complexity index is 1110. The predicted octanol–water partition coefficient (Wildman–Crippen LogP) is 4.53. The highest BCUT2D eigenvalue weighted by atomic mass is 32.1. The number of hydrogen-bond donors (Lipinski definition) is 2. The average Bonchev–Trinajstić information content (AvgIpc) is 3.38. The van der Waals surface area contributed by atoms with Gasteiger partial charge in [-0.15, -0.1) is 11.3 Å². The Labute approximate surface area is 178 Å². The zero-order chi connectivity index (χ0) is 21.1. The van der Waals surface area contributed by atoms with Crippen molar-refractivity contribution in [3.63, 3.8) is 0 Å². The number of ether oxygens (including phenoxy) is 2. The van der Waals surface area contributed by atoms with Crippen molar-refractivity contribution < 1.29 is 19.1 Å². The number of carbonyl (C=O) groups is 2. The minimum absolute atomic E-state index is 0.209. The molecule has 0 saturated carbocycles. The summed E-state index contributed by atoms with van der Waals surface area (Å²) >= 11 is 1.48. The Morgan fingerprint density at radius 3 is 2.63 bits per heavy atom. The summed E-state index contributed by atoms with van der Waals surface area (Å²) in [6, 6.07) is 14.4. The van der Waals surface area contributed by atoms with E-state index in [2.05, 4.69) is 17.6 Å². The van der Waals surface area contributed by atoms with Gasteiger partial charge in [-0.3, -0.25) is 9.59 Å². The summed E-state index contributed by atoms with van der Waals surface area (Å²) in [5, 5.41) is 5.78. The van der Waals surface area contributed by atoms with E-state index >= 15 is 0 Å². The van der Waals surface area contributed by atoms with E-state index in [0.717, 1.165) is 17.5 Å². The van der Waals surface area contributed by atoms with E-state index in [1.807, 2.05) is 31.2 Å². The second-order valence-corrected chi connectivity index (χ2v) is 8.08. The molecule has 1 aromatic heterocycles. The molecule has 1 aliphatic rings. The average molecular weight is 423 g/mol. The van der Waals surface area contributed by atoms with E-state index in [9.17, 15) is 9.59 Å². The van der Waals surface area contributed by atoms with Crippen LogP contribution in [0.25, 0.3) is 0 Å². The monoisotopic (exact) mass is 422 g/mol. The van der Waals surface area contributed by atoms with Gasteiger partial charge in [-0.25, -0.2) is 0 Å². The second-order valence-electron chi connectivity index (χ2n) is 6.94. The van der Waals surface area contributed by atoms with Crippen LogP contribution in [0.2, 0.25) is 0 Å². The van der Waals surface area contributed by atoms with Gasteiger partial charge in [0.05, 0.1) is 16.1 Å². The van der Waals surface area contributed by atoms with Crippen LogP contribution in [0.5, 0.6) is 11.5 Å². The number of benzene rings is 2. The zero-order valence-electron chi connectivity index (χ0n) is 16.8. The number of amides is 2. The first-order chi connectivity index (χ1) is 14.5. The van der Waals surface area contributed by atoms with E-state index in [-0.39, 0.29) is 18.6 Å². The number of hydrogen-bond acceptors (Lipinski definition) is 5. The van der Waals surface area contributed by atoms with Crippen LogP contribution < -0.4 is 20.1 Å². The molecular formula is C23H22N2O4S. The fraction of sp³-hybridized carbons (Fsp3) is 0.217. The molecule has 0 fully saturated rings. The van der Waals surface area contributed by atoms with Gasteiger partial charge < -0.3 is 20.1 Å². The number of thiophene rings is 1. The van der Waals surface area contributed by atoms with Gasteiger partial charge in [0, 0.05) is 11.4 Å². The lowest BCUT2D eigenvalue weighted by molar-refractivity contribution is 0.0951. The molecule has 6 nitrogen and oxygen atoms in total. The Morgan fingerprint density at radius 2 is 1.83 bits per heavy atom. The normalized spacial score (nSPS) is 11.9. The molecule has 0 spiro atoms. The Kier molecular flexibility index (Phi) is 5.72. The molecule has 2 heterocycles. The summed E-state index contributed by atoms with van der Waals surface area (Å²) < 4.78 is 10.7.